The number of aliphatic imine (C=N–C) groups is 2. The van der Waals surface area contributed by atoms with Crippen molar-refractivity contribution in [2.75, 3.05) is 13.1 Å². The number of hydrogen-bond acceptors (Lipinski definition) is 2. The lowest BCUT2D eigenvalue weighted by Gasteiger charge is -2.13. The van der Waals surface area contributed by atoms with Crippen LogP contribution in [0, 0.1) is 11.8 Å². The van der Waals surface area contributed by atoms with Gasteiger partial charge >= 0.3 is 0 Å². The Morgan fingerprint density at radius 1 is 1.00 bits per heavy atom. The highest BCUT2D eigenvalue weighted by Gasteiger charge is 2.38. The number of hydrogen-bond donors (Lipinski definition) is 0. The quantitative estimate of drug-likeness (QED) is 0.457. The molecule has 1 fully saturated rings. The molecule has 0 N–H and O–H groups in total. The third-order valence-electron chi connectivity index (χ3n) is 2.71. The van der Waals surface area contributed by atoms with Crippen LogP contribution in [0.3, 0.4) is 0 Å². The van der Waals surface area contributed by atoms with Gasteiger partial charge in [0.05, 0.1) is 24.5 Å². The lowest BCUT2D eigenvalue weighted by molar-refractivity contribution is 0.778. The second-order valence-electron chi connectivity index (χ2n) is 3.37. The SMILES string of the molecule is C1=CC2CC1C1=NCCN=C12. The van der Waals surface area contributed by atoms with E-state index in [9.17, 15) is 0 Å². The first kappa shape index (κ1) is 5.70. The van der Waals surface area contributed by atoms with Gasteiger partial charge in [0.15, 0.2) is 0 Å². The van der Waals surface area contributed by atoms with Gasteiger partial charge in [-0.2, -0.15) is 0 Å². The molecule has 0 aromatic heterocycles. The van der Waals surface area contributed by atoms with Crippen LogP contribution in [0.25, 0.3) is 0 Å². The summed E-state index contributed by atoms with van der Waals surface area (Å²) in [5, 5.41) is 0. The topological polar surface area (TPSA) is 24.7 Å². The zero-order valence-electron chi connectivity index (χ0n) is 6.33. The minimum Gasteiger partial charge on any atom is -0.285 e. The van der Waals surface area contributed by atoms with E-state index < -0.39 is 0 Å². The van der Waals surface area contributed by atoms with Crippen molar-refractivity contribution in [1.82, 2.24) is 0 Å². The summed E-state index contributed by atoms with van der Waals surface area (Å²) in [7, 11) is 0. The Balaban J connectivity index is 2.15. The van der Waals surface area contributed by atoms with E-state index in [4.69, 9.17) is 0 Å². The van der Waals surface area contributed by atoms with Crippen LogP contribution in [0.1, 0.15) is 6.42 Å². The molecular formula is C9H10N2. The summed E-state index contributed by atoms with van der Waals surface area (Å²) in [6.07, 6.45) is 5.82. The second-order valence-corrected chi connectivity index (χ2v) is 3.37. The number of rotatable bonds is 0. The van der Waals surface area contributed by atoms with Crippen molar-refractivity contribution in [3.8, 4) is 0 Å². The molecule has 56 valence electrons. The average molecular weight is 146 g/mol. The molecule has 2 nitrogen and oxygen atoms in total. The van der Waals surface area contributed by atoms with Crippen molar-refractivity contribution >= 4 is 11.4 Å². The predicted octanol–water partition coefficient (Wildman–Crippen LogP) is 1.09. The van der Waals surface area contributed by atoms with Gasteiger partial charge in [0.1, 0.15) is 0 Å². The molecule has 1 aliphatic heterocycles. The molecule has 0 saturated heterocycles. The van der Waals surface area contributed by atoms with Crippen LogP contribution in [0.5, 0.6) is 0 Å². The largest absolute Gasteiger partial charge is 0.285 e. The smallest absolute Gasteiger partial charge is 0.0634 e. The first-order chi connectivity index (χ1) is 5.45. The maximum absolute atomic E-state index is 4.51. The maximum atomic E-state index is 4.51. The molecule has 0 spiro atoms. The molecular weight excluding hydrogens is 136 g/mol. The van der Waals surface area contributed by atoms with Crippen molar-refractivity contribution in [2.24, 2.45) is 21.8 Å². The summed E-state index contributed by atoms with van der Waals surface area (Å²) in [6.45, 7) is 1.83. The molecule has 2 heteroatoms. The number of fused-ring (bicyclic) bond motifs is 5. The van der Waals surface area contributed by atoms with Gasteiger partial charge in [-0.15, -0.1) is 0 Å². The minimum atomic E-state index is 0.624. The van der Waals surface area contributed by atoms with E-state index in [-0.39, 0.29) is 0 Å². The van der Waals surface area contributed by atoms with Crippen LogP contribution in [0.2, 0.25) is 0 Å². The van der Waals surface area contributed by atoms with Crippen LogP contribution in [-0.2, 0) is 0 Å². The van der Waals surface area contributed by atoms with Crippen LogP contribution >= 0.6 is 0 Å². The molecule has 0 aromatic rings. The third kappa shape index (κ3) is 0.621. The summed E-state index contributed by atoms with van der Waals surface area (Å²) >= 11 is 0. The number of nitrogens with zero attached hydrogens (tertiary/aromatic N) is 2. The van der Waals surface area contributed by atoms with E-state index in [1.807, 2.05) is 0 Å². The van der Waals surface area contributed by atoms with E-state index in [1.165, 1.54) is 17.8 Å². The van der Waals surface area contributed by atoms with Gasteiger partial charge < -0.3 is 0 Å². The van der Waals surface area contributed by atoms with Crippen molar-refractivity contribution in [3.63, 3.8) is 0 Å². The standard InChI is InChI=1S/C9H10N2/c1-2-7-5-6(1)8-9(7)11-4-3-10-8/h1-2,6-7H,3-5H2. The Morgan fingerprint density at radius 3 is 2.09 bits per heavy atom. The van der Waals surface area contributed by atoms with Crippen LogP contribution in [0.15, 0.2) is 22.1 Å². The molecule has 11 heavy (non-hydrogen) atoms. The Kier molecular flexibility index (Phi) is 0.939. The van der Waals surface area contributed by atoms with Gasteiger partial charge in [-0.3, -0.25) is 9.98 Å². The van der Waals surface area contributed by atoms with Crippen LogP contribution in [-0.4, -0.2) is 24.5 Å². The summed E-state index contributed by atoms with van der Waals surface area (Å²) < 4.78 is 0. The molecule has 0 radical (unpaired) electrons. The maximum Gasteiger partial charge on any atom is 0.0634 e. The molecule has 2 unspecified atom stereocenters. The van der Waals surface area contributed by atoms with E-state index in [1.54, 1.807) is 0 Å². The van der Waals surface area contributed by atoms with Crippen molar-refractivity contribution < 1.29 is 0 Å². The van der Waals surface area contributed by atoms with Crippen molar-refractivity contribution in [3.05, 3.63) is 12.2 Å². The van der Waals surface area contributed by atoms with E-state index in [0.717, 1.165) is 13.1 Å². The van der Waals surface area contributed by atoms with Gasteiger partial charge in [-0.05, 0) is 6.42 Å². The van der Waals surface area contributed by atoms with Gasteiger partial charge in [-0.25, -0.2) is 0 Å². The Morgan fingerprint density at radius 2 is 1.55 bits per heavy atom. The third-order valence-corrected chi connectivity index (χ3v) is 2.71. The van der Waals surface area contributed by atoms with Gasteiger partial charge in [0.25, 0.3) is 0 Å². The van der Waals surface area contributed by atoms with E-state index in [0.29, 0.717) is 11.8 Å². The van der Waals surface area contributed by atoms with Crippen molar-refractivity contribution in [2.45, 2.75) is 6.42 Å². The molecule has 2 aliphatic carbocycles. The minimum absolute atomic E-state index is 0.624. The summed E-state index contributed by atoms with van der Waals surface area (Å²) in [5.41, 5.74) is 2.59. The fourth-order valence-electron chi connectivity index (χ4n) is 2.22. The van der Waals surface area contributed by atoms with Gasteiger partial charge in [-0.1, -0.05) is 12.2 Å². The molecule has 2 atom stereocenters. The summed E-state index contributed by atoms with van der Waals surface area (Å²) in [5.74, 6) is 1.25. The molecule has 3 aliphatic rings. The zero-order valence-corrected chi connectivity index (χ0v) is 6.33. The Hall–Kier alpha value is -0.920. The molecule has 2 bridgehead atoms. The lowest BCUT2D eigenvalue weighted by atomic mass is 10.0. The lowest BCUT2D eigenvalue weighted by Crippen LogP contribution is -2.23. The van der Waals surface area contributed by atoms with Crippen LogP contribution in [0.4, 0.5) is 0 Å². The van der Waals surface area contributed by atoms with Crippen LogP contribution < -0.4 is 0 Å². The zero-order chi connectivity index (χ0) is 7.26. The monoisotopic (exact) mass is 146 g/mol. The predicted molar refractivity (Wildman–Crippen MR) is 45.3 cm³/mol. The summed E-state index contributed by atoms with van der Waals surface area (Å²) in [4.78, 5) is 9.02. The molecule has 0 amide bonds. The Bertz CT molecular complexity index is 258. The Labute approximate surface area is 65.7 Å². The van der Waals surface area contributed by atoms with E-state index >= 15 is 0 Å². The van der Waals surface area contributed by atoms with E-state index in [2.05, 4.69) is 22.1 Å². The molecule has 1 saturated carbocycles. The molecule has 3 rings (SSSR count). The van der Waals surface area contributed by atoms with Crippen molar-refractivity contribution in [1.29, 1.82) is 0 Å². The van der Waals surface area contributed by atoms with Gasteiger partial charge in [0, 0.05) is 11.8 Å². The number of allylic oxidation sites excluding steroid dienone is 2. The average Bonchev–Trinajstić information content (AvgIpc) is 2.64. The second kappa shape index (κ2) is 1.81. The highest BCUT2D eigenvalue weighted by Crippen LogP contribution is 2.36. The fourth-order valence-corrected chi connectivity index (χ4v) is 2.22. The fraction of sp³-hybridized carbons (Fsp3) is 0.556. The van der Waals surface area contributed by atoms with Gasteiger partial charge in [0.2, 0.25) is 0 Å². The molecule has 1 heterocycles. The molecule has 0 aromatic carbocycles. The highest BCUT2D eigenvalue weighted by molar-refractivity contribution is 6.47. The highest BCUT2D eigenvalue weighted by atomic mass is 14.9. The normalized spacial score (nSPS) is 38.5. The first-order valence-corrected chi connectivity index (χ1v) is 4.22. The first-order valence-electron chi connectivity index (χ1n) is 4.22. The summed E-state index contributed by atoms with van der Waals surface area (Å²) in [6, 6.07) is 0.